The third-order valence-corrected chi connectivity index (χ3v) is 5.13. The van der Waals surface area contributed by atoms with Gasteiger partial charge in [-0.2, -0.15) is 0 Å². The predicted molar refractivity (Wildman–Crippen MR) is 52.2 cm³/mol. The molecule has 0 N–H and O–H groups in total. The van der Waals surface area contributed by atoms with Crippen molar-refractivity contribution in [1.29, 1.82) is 0 Å². The summed E-state index contributed by atoms with van der Waals surface area (Å²) in [6.07, 6.45) is 5.81. The van der Waals surface area contributed by atoms with Crippen molar-refractivity contribution < 1.29 is 9.05 Å². The van der Waals surface area contributed by atoms with Crippen molar-refractivity contribution in [3.05, 3.63) is 0 Å². The van der Waals surface area contributed by atoms with Crippen LogP contribution in [0.3, 0.4) is 0 Å². The molecule has 0 spiro atoms. The minimum atomic E-state index is -2.23. The lowest BCUT2D eigenvalue weighted by Gasteiger charge is -2.33. The van der Waals surface area contributed by atoms with E-state index in [1.54, 1.807) is 4.67 Å². The molecular weight excluding hydrogens is 193 g/mol. The molecular formula is C7H12NO2PS. The summed E-state index contributed by atoms with van der Waals surface area (Å²) < 4.78 is 12.7. The fourth-order valence-corrected chi connectivity index (χ4v) is 2.68. The molecule has 1 fully saturated rings. The summed E-state index contributed by atoms with van der Waals surface area (Å²) in [5.74, 6) is 2.55. The molecule has 0 radical (unpaired) electrons. The Balaban J connectivity index is 2.69. The molecule has 0 saturated carbocycles. The van der Waals surface area contributed by atoms with Crippen LogP contribution >= 0.6 is 6.64 Å². The summed E-state index contributed by atoms with van der Waals surface area (Å²) in [5.41, 5.74) is 0. The monoisotopic (exact) mass is 205 g/mol. The van der Waals surface area contributed by atoms with E-state index in [-0.39, 0.29) is 6.10 Å². The zero-order valence-corrected chi connectivity index (χ0v) is 8.90. The van der Waals surface area contributed by atoms with E-state index in [0.717, 1.165) is 6.42 Å². The SMILES string of the molecule is C#CC1CCOP(=S)(N(C)C)O1. The Kier molecular flexibility index (Phi) is 3.28. The first-order valence-corrected chi connectivity index (χ1v) is 6.24. The second-order valence-electron chi connectivity index (χ2n) is 2.70. The lowest BCUT2D eigenvalue weighted by molar-refractivity contribution is 0.122. The van der Waals surface area contributed by atoms with Crippen LogP contribution < -0.4 is 0 Å². The Bertz CT molecular complexity index is 248. The Hall–Kier alpha value is 0.0900. The molecule has 12 heavy (non-hydrogen) atoms. The molecule has 2 atom stereocenters. The molecule has 1 aliphatic rings. The van der Waals surface area contributed by atoms with Crippen molar-refractivity contribution in [2.45, 2.75) is 12.5 Å². The molecule has 68 valence electrons. The third kappa shape index (κ3) is 2.07. The Labute approximate surface area is 78.3 Å². The molecule has 1 rings (SSSR count). The minimum absolute atomic E-state index is 0.174. The Morgan fingerprint density at radius 2 is 2.33 bits per heavy atom. The quantitative estimate of drug-likeness (QED) is 0.474. The number of terminal acetylenes is 1. The molecule has 1 saturated heterocycles. The smallest absolute Gasteiger partial charge is 0.264 e. The van der Waals surface area contributed by atoms with Crippen molar-refractivity contribution in [2.24, 2.45) is 0 Å². The number of rotatable bonds is 1. The molecule has 0 aromatic heterocycles. The van der Waals surface area contributed by atoms with E-state index in [0.29, 0.717) is 6.61 Å². The van der Waals surface area contributed by atoms with Crippen molar-refractivity contribution in [3.63, 3.8) is 0 Å². The van der Waals surface area contributed by atoms with Crippen LogP contribution in [0.5, 0.6) is 0 Å². The van der Waals surface area contributed by atoms with Gasteiger partial charge in [0.25, 0.3) is 6.64 Å². The molecule has 2 unspecified atom stereocenters. The van der Waals surface area contributed by atoms with Gasteiger partial charge in [0.15, 0.2) is 0 Å². The second kappa shape index (κ2) is 3.87. The minimum Gasteiger partial charge on any atom is -0.318 e. The summed E-state index contributed by atoms with van der Waals surface area (Å²) >= 11 is 5.22. The summed E-state index contributed by atoms with van der Waals surface area (Å²) in [6, 6.07) is 0. The van der Waals surface area contributed by atoms with Crippen LogP contribution in [0.4, 0.5) is 0 Å². The average Bonchev–Trinajstić information content (AvgIpc) is 2.04. The molecule has 1 heterocycles. The van der Waals surface area contributed by atoms with Gasteiger partial charge in [0.05, 0.1) is 6.61 Å². The van der Waals surface area contributed by atoms with Crippen LogP contribution in [0.25, 0.3) is 0 Å². The standard InChI is InChI=1S/C7H12NO2PS/c1-4-7-5-6-9-11(12,10-7)8(2)3/h1,7H,5-6H2,2-3H3. The van der Waals surface area contributed by atoms with Crippen molar-refractivity contribution in [3.8, 4) is 12.3 Å². The highest BCUT2D eigenvalue weighted by Gasteiger charge is 2.30. The van der Waals surface area contributed by atoms with E-state index in [1.165, 1.54) is 0 Å². The summed E-state index contributed by atoms with van der Waals surface area (Å²) in [7, 11) is 3.69. The second-order valence-corrected chi connectivity index (χ2v) is 6.29. The summed E-state index contributed by atoms with van der Waals surface area (Å²) in [4.78, 5) is 0. The van der Waals surface area contributed by atoms with E-state index in [4.69, 9.17) is 27.3 Å². The largest absolute Gasteiger partial charge is 0.318 e. The average molecular weight is 205 g/mol. The van der Waals surface area contributed by atoms with Crippen LogP contribution in [-0.4, -0.2) is 31.5 Å². The maximum atomic E-state index is 5.48. The highest BCUT2D eigenvalue weighted by molar-refractivity contribution is 8.08. The van der Waals surface area contributed by atoms with Gasteiger partial charge in [0.2, 0.25) is 0 Å². The van der Waals surface area contributed by atoms with Crippen molar-refractivity contribution in [1.82, 2.24) is 4.67 Å². The van der Waals surface area contributed by atoms with Crippen LogP contribution in [-0.2, 0) is 20.9 Å². The van der Waals surface area contributed by atoms with Crippen molar-refractivity contribution in [2.75, 3.05) is 20.7 Å². The molecule has 1 aliphatic heterocycles. The lowest BCUT2D eigenvalue weighted by atomic mass is 10.3. The maximum absolute atomic E-state index is 5.48. The van der Waals surface area contributed by atoms with Crippen LogP contribution in [0.1, 0.15) is 6.42 Å². The molecule has 0 aromatic rings. The number of hydrogen-bond acceptors (Lipinski definition) is 3. The zero-order chi connectivity index (χ0) is 9.19. The Morgan fingerprint density at radius 1 is 1.67 bits per heavy atom. The summed E-state index contributed by atoms with van der Waals surface area (Å²) in [5, 5.41) is 0. The number of nitrogens with zero attached hydrogens (tertiary/aromatic N) is 1. The highest BCUT2D eigenvalue weighted by atomic mass is 32.5. The van der Waals surface area contributed by atoms with E-state index in [9.17, 15) is 0 Å². The highest BCUT2D eigenvalue weighted by Crippen LogP contribution is 2.54. The van der Waals surface area contributed by atoms with Gasteiger partial charge in [-0.25, -0.2) is 4.67 Å². The molecule has 5 heteroatoms. The van der Waals surface area contributed by atoms with Gasteiger partial charge in [-0.05, 0) is 25.9 Å². The van der Waals surface area contributed by atoms with E-state index < -0.39 is 6.64 Å². The first-order chi connectivity index (χ1) is 5.58. The zero-order valence-electron chi connectivity index (χ0n) is 7.19. The number of hydrogen-bond donors (Lipinski definition) is 0. The molecule has 0 amide bonds. The maximum Gasteiger partial charge on any atom is 0.264 e. The van der Waals surface area contributed by atoms with Gasteiger partial charge in [-0.15, -0.1) is 6.42 Å². The van der Waals surface area contributed by atoms with Gasteiger partial charge >= 0.3 is 0 Å². The third-order valence-electron chi connectivity index (χ3n) is 1.57. The van der Waals surface area contributed by atoms with Crippen LogP contribution in [0, 0.1) is 12.3 Å². The van der Waals surface area contributed by atoms with Crippen molar-refractivity contribution >= 4 is 18.4 Å². The predicted octanol–water partition coefficient (Wildman–Crippen LogP) is 1.21. The van der Waals surface area contributed by atoms with E-state index >= 15 is 0 Å². The molecule has 0 aromatic carbocycles. The van der Waals surface area contributed by atoms with Gasteiger partial charge in [-0.3, -0.25) is 0 Å². The van der Waals surface area contributed by atoms with Gasteiger partial charge in [0, 0.05) is 6.42 Å². The normalized spacial score (nSPS) is 36.3. The molecule has 3 nitrogen and oxygen atoms in total. The van der Waals surface area contributed by atoms with Gasteiger partial charge in [-0.1, -0.05) is 5.92 Å². The molecule has 0 bridgehead atoms. The van der Waals surface area contributed by atoms with E-state index in [1.807, 2.05) is 14.1 Å². The lowest BCUT2D eigenvalue weighted by Crippen LogP contribution is -2.24. The Morgan fingerprint density at radius 3 is 2.83 bits per heavy atom. The topological polar surface area (TPSA) is 21.7 Å². The van der Waals surface area contributed by atoms with E-state index in [2.05, 4.69) is 5.92 Å². The molecule has 0 aliphatic carbocycles. The first kappa shape index (κ1) is 10.2. The fraction of sp³-hybridized carbons (Fsp3) is 0.714. The van der Waals surface area contributed by atoms with Crippen LogP contribution in [0.2, 0.25) is 0 Å². The van der Waals surface area contributed by atoms with Gasteiger partial charge in [0.1, 0.15) is 6.10 Å². The fourth-order valence-electron chi connectivity index (χ4n) is 0.843. The summed E-state index contributed by atoms with van der Waals surface area (Å²) in [6.45, 7) is -1.63. The van der Waals surface area contributed by atoms with Gasteiger partial charge < -0.3 is 9.05 Å². The first-order valence-electron chi connectivity index (χ1n) is 3.65. The van der Waals surface area contributed by atoms with Crippen LogP contribution in [0.15, 0.2) is 0 Å².